The van der Waals surface area contributed by atoms with E-state index in [-0.39, 0.29) is 17.3 Å². The lowest BCUT2D eigenvalue weighted by atomic mass is 10.0. The smallest absolute Gasteiger partial charge is 0.240 e. The number of aliphatic hydroxyl groups excluding tert-OH is 1. The fourth-order valence-corrected chi connectivity index (χ4v) is 3.51. The van der Waals surface area contributed by atoms with Crippen LogP contribution >= 0.6 is 11.8 Å². The maximum atomic E-state index is 12.3. The predicted octanol–water partition coefficient (Wildman–Crippen LogP) is 2.80. The maximum Gasteiger partial charge on any atom is 0.240 e. The van der Waals surface area contributed by atoms with E-state index in [0.717, 1.165) is 18.6 Å². The van der Waals surface area contributed by atoms with Crippen molar-refractivity contribution in [1.82, 2.24) is 0 Å². The second-order valence-corrected chi connectivity index (χ2v) is 6.65. The molecule has 0 spiro atoms. The normalized spacial score (nSPS) is 21.8. The monoisotopic (exact) mass is 295 g/mol. The second-order valence-electron chi connectivity index (χ2n) is 5.05. The van der Waals surface area contributed by atoms with E-state index in [1.54, 1.807) is 23.9 Å². The topological polar surface area (TPSA) is 58.6 Å². The third-order valence-corrected chi connectivity index (χ3v) is 5.01. The Balaban J connectivity index is 2.11. The van der Waals surface area contributed by atoms with Crippen molar-refractivity contribution < 1.29 is 14.6 Å². The van der Waals surface area contributed by atoms with Gasteiger partial charge in [-0.25, -0.2) is 0 Å². The van der Waals surface area contributed by atoms with Crippen LogP contribution in [0.3, 0.4) is 0 Å². The summed E-state index contributed by atoms with van der Waals surface area (Å²) in [6.45, 7) is 4.33. The van der Waals surface area contributed by atoms with Gasteiger partial charge in [0.2, 0.25) is 5.91 Å². The van der Waals surface area contributed by atoms with Crippen molar-refractivity contribution in [3.63, 3.8) is 0 Å². The molecule has 1 aliphatic rings. The van der Waals surface area contributed by atoms with Crippen molar-refractivity contribution in [3.8, 4) is 5.75 Å². The molecule has 20 heavy (non-hydrogen) atoms. The molecular weight excluding hydrogens is 274 g/mol. The van der Waals surface area contributed by atoms with E-state index in [4.69, 9.17) is 4.74 Å². The van der Waals surface area contributed by atoms with E-state index in [2.05, 4.69) is 5.32 Å². The first-order valence-electron chi connectivity index (χ1n) is 6.91. The number of benzene rings is 1. The Bertz CT molecular complexity index is 484. The second kappa shape index (κ2) is 6.50. The summed E-state index contributed by atoms with van der Waals surface area (Å²) < 4.78 is 5.10. The minimum Gasteiger partial charge on any atom is -0.494 e. The van der Waals surface area contributed by atoms with Crippen LogP contribution in [0.15, 0.2) is 18.2 Å². The highest BCUT2D eigenvalue weighted by atomic mass is 32.2. The third-order valence-electron chi connectivity index (χ3n) is 3.49. The zero-order chi connectivity index (χ0) is 14.6. The number of rotatable bonds is 5. The molecule has 0 saturated carbocycles. The van der Waals surface area contributed by atoms with Crippen LogP contribution < -0.4 is 10.1 Å². The number of carbonyl (C=O) groups is 1. The number of carbonyl (C=O) groups excluding carboxylic acids is 1. The molecule has 5 heteroatoms. The Morgan fingerprint density at radius 2 is 2.35 bits per heavy atom. The summed E-state index contributed by atoms with van der Waals surface area (Å²) in [5.41, 5.74) is 1.39. The Hall–Kier alpha value is -1.20. The molecule has 2 rings (SSSR count). The highest BCUT2D eigenvalue weighted by Crippen LogP contribution is 2.38. The van der Waals surface area contributed by atoms with Crippen LogP contribution in [-0.2, 0) is 11.4 Å². The van der Waals surface area contributed by atoms with Crippen molar-refractivity contribution in [2.45, 2.75) is 38.0 Å². The van der Waals surface area contributed by atoms with Crippen LogP contribution in [0.4, 0.5) is 5.69 Å². The van der Waals surface area contributed by atoms with E-state index < -0.39 is 0 Å². The summed E-state index contributed by atoms with van der Waals surface area (Å²) >= 11 is 1.71. The molecule has 1 saturated heterocycles. The van der Waals surface area contributed by atoms with Gasteiger partial charge in [-0.05, 0) is 50.6 Å². The van der Waals surface area contributed by atoms with Gasteiger partial charge in [0.15, 0.2) is 0 Å². The number of nitrogens with one attached hydrogen (secondary N) is 1. The lowest BCUT2D eigenvalue weighted by Crippen LogP contribution is -2.34. The number of hydrogen-bond donors (Lipinski definition) is 2. The average molecular weight is 295 g/mol. The Kier molecular flexibility index (Phi) is 4.94. The molecule has 0 radical (unpaired) electrons. The third kappa shape index (κ3) is 3.27. The molecule has 0 bridgehead atoms. The molecule has 2 N–H and O–H groups in total. The number of hydrogen-bond acceptors (Lipinski definition) is 4. The van der Waals surface area contributed by atoms with E-state index in [0.29, 0.717) is 23.6 Å². The first-order valence-corrected chi connectivity index (χ1v) is 7.89. The molecule has 1 aliphatic heterocycles. The van der Waals surface area contributed by atoms with E-state index in [1.165, 1.54) is 0 Å². The lowest BCUT2D eigenvalue weighted by molar-refractivity contribution is -0.118. The van der Waals surface area contributed by atoms with Crippen LogP contribution in [0.25, 0.3) is 0 Å². The molecule has 1 aromatic carbocycles. The molecule has 1 heterocycles. The van der Waals surface area contributed by atoms with Crippen LogP contribution in [0.1, 0.15) is 32.3 Å². The van der Waals surface area contributed by atoms with Gasteiger partial charge in [0.25, 0.3) is 0 Å². The minimum absolute atomic E-state index is 0.0352. The lowest BCUT2D eigenvalue weighted by Gasteiger charge is -2.22. The van der Waals surface area contributed by atoms with Crippen LogP contribution in [0, 0.1) is 0 Å². The van der Waals surface area contributed by atoms with Crippen molar-refractivity contribution >= 4 is 23.4 Å². The fourth-order valence-electron chi connectivity index (χ4n) is 2.30. The van der Waals surface area contributed by atoms with Gasteiger partial charge in [0.05, 0.1) is 18.0 Å². The molecule has 0 aliphatic carbocycles. The zero-order valence-corrected chi connectivity index (χ0v) is 12.8. The highest BCUT2D eigenvalue weighted by Gasteiger charge is 2.37. The standard InChI is InChI=1S/C15H21NO3S/c1-3-19-13-6-5-12(9-11(13)10-17)16-14(18)15(2)7-4-8-20-15/h5-6,9,17H,3-4,7-8,10H2,1-2H3,(H,16,18). The number of anilines is 1. The average Bonchev–Trinajstić information content (AvgIpc) is 2.89. The van der Waals surface area contributed by atoms with Crippen LogP contribution in [-0.4, -0.2) is 28.1 Å². The van der Waals surface area contributed by atoms with Crippen LogP contribution in [0.2, 0.25) is 0 Å². The summed E-state index contributed by atoms with van der Waals surface area (Å²) in [7, 11) is 0. The predicted molar refractivity (Wildman–Crippen MR) is 82.3 cm³/mol. The molecule has 110 valence electrons. The summed E-state index contributed by atoms with van der Waals surface area (Å²) in [4.78, 5) is 12.3. The van der Waals surface area contributed by atoms with E-state index in [1.807, 2.05) is 19.9 Å². The Morgan fingerprint density at radius 3 is 2.95 bits per heavy atom. The van der Waals surface area contributed by atoms with Crippen molar-refractivity contribution in [2.24, 2.45) is 0 Å². The first kappa shape index (κ1) is 15.2. The minimum atomic E-state index is -0.335. The largest absolute Gasteiger partial charge is 0.494 e. The fraction of sp³-hybridized carbons (Fsp3) is 0.533. The zero-order valence-electron chi connectivity index (χ0n) is 11.9. The van der Waals surface area contributed by atoms with Gasteiger partial charge in [-0.2, -0.15) is 0 Å². The van der Waals surface area contributed by atoms with Crippen molar-refractivity contribution in [1.29, 1.82) is 0 Å². The molecule has 1 fully saturated rings. The molecular formula is C15H21NO3S. The summed E-state index contributed by atoms with van der Waals surface area (Å²) in [5, 5.41) is 12.3. The molecule has 1 atom stereocenters. The highest BCUT2D eigenvalue weighted by molar-refractivity contribution is 8.01. The van der Waals surface area contributed by atoms with Gasteiger partial charge >= 0.3 is 0 Å². The van der Waals surface area contributed by atoms with Crippen LogP contribution in [0.5, 0.6) is 5.75 Å². The summed E-state index contributed by atoms with van der Waals surface area (Å²) in [5.74, 6) is 1.73. The SMILES string of the molecule is CCOc1ccc(NC(=O)C2(C)CCCS2)cc1CO. The Morgan fingerprint density at radius 1 is 1.55 bits per heavy atom. The van der Waals surface area contributed by atoms with Gasteiger partial charge in [-0.1, -0.05) is 0 Å². The van der Waals surface area contributed by atoms with Gasteiger partial charge in [-0.15, -0.1) is 11.8 Å². The number of ether oxygens (including phenoxy) is 1. The molecule has 1 amide bonds. The van der Waals surface area contributed by atoms with E-state index in [9.17, 15) is 9.90 Å². The number of aliphatic hydroxyl groups is 1. The van der Waals surface area contributed by atoms with Crippen molar-refractivity contribution in [2.75, 3.05) is 17.7 Å². The van der Waals surface area contributed by atoms with Gasteiger partial charge in [0, 0.05) is 11.3 Å². The van der Waals surface area contributed by atoms with E-state index >= 15 is 0 Å². The summed E-state index contributed by atoms with van der Waals surface area (Å²) in [6, 6.07) is 5.37. The number of amides is 1. The van der Waals surface area contributed by atoms with Gasteiger partial charge in [-0.3, -0.25) is 4.79 Å². The molecule has 0 aromatic heterocycles. The van der Waals surface area contributed by atoms with Gasteiger partial charge in [0.1, 0.15) is 5.75 Å². The summed E-state index contributed by atoms with van der Waals surface area (Å²) in [6.07, 6.45) is 1.99. The molecule has 1 unspecified atom stereocenters. The Labute approximate surface area is 123 Å². The quantitative estimate of drug-likeness (QED) is 0.877. The first-order chi connectivity index (χ1) is 9.59. The molecule has 1 aromatic rings. The maximum absolute atomic E-state index is 12.3. The van der Waals surface area contributed by atoms with Gasteiger partial charge < -0.3 is 15.2 Å². The van der Waals surface area contributed by atoms with Crippen molar-refractivity contribution in [3.05, 3.63) is 23.8 Å². The number of thioether (sulfide) groups is 1. The molecule has 4 nitrogen and oxygen atoms in total.